The molecule has 0 saturated carbocycles. The maximum Gasteiger partial charge on any atom is 0.315 e. The van der Waals surface area contributed by atoms with Crippen molar-refractivity contribution in [3.8, 4) is 0 Å². The van der Waals surface area contributed by atoms with Crippen LogP contribution in [-0.2, 0) is 10.2 Å². The van der Waals surface area contributed by atoms with Gasteiger partial charge in [0.15, 0.2) is 0 Å². The summed E-state index contributed by atoms with van der Waals surface area (Å²) in [5, 5.41) is 9.78. The fourth-order valence-corrected chi connectivity index (χ4v) is 3.23. The number of likely N-dealkylation sites (tertiary alicyclic amines) is 1. The lowest BCUT2D eigenvalue weighted by Gasteiger charge is -2.34. The lowest BCUT2D eigenvalue weighted by Crippen LogP contribution is -2.48. The predicted molar refractivity (Wildman–Crippen MR) is 84.6 cm³/mol. The average Bonchev–Trinajstić information content (AvgIpc) is 2.85. The van der Waals surface area contributed by atoms with Crippen molar-refractivity contribution in [3.63, 3.8) is 0 Å². The second-order valence-electron chi connectivity index (χ2n) is 6.53. The Morgan fingerprint density at radius 1 is 1.38 bits per heavy atom. The van der Waals surface area contributed by atoms with Gasteiger partial charge in [-0.3, -0.25) is 9.69 Å². The van der Waals surface area contributed by atoms with Gasteiger partial charge in [0.2, 0.25) is 0 Å². The third kappa shape index (κ3) is 3.63. The van der Waals surface area contributed by atoms with Gasteiger partial charge < -0.3 is 10.0 Å². The van der Waals surface area contributed by atoms with Crippen LogP contribution in [0.15, 0.2) is 30.3 Å². The molecular weight excluding hydrogens is 264 g/mol. The van der Waals surface area contributed by atoms with E-state index in [0.29, 0.717) is 12.6 Å². The molecular formula is C17H26N2O2. The molecule has 116 valence electrons. The molecule has 1 heterocycles. The number of likely N-dealkylation sites (N-methyl/N-ethyl adjacent to an activating group) is 1. The van der Waals surface area contributed by atoms with Crippen LogP contribution in [0.1, 0.15) is 25.3 Å². The van der Waals surface area contributed by atoms with Crippen LogP contribution in [0.3, 0.4) is 0 Å². The van der Waals surface area contributed by atoms with Gasteiger partial charge in [0.05, 0.1) is 0 Å². The fraction of sp³-hybridized carbons (Fsp3) is 0.588. The molecule has 0 amide bonds. The molecule has 0 spiro atoms. The number of nitrogens with zero attached hydrogens (tertiary/aromatic N) is 2. The summed E-state index contributed by atoms with van der Waals surface area (Å²) in [7, 11) is 4.15. The first-order valence-corrected chi connectivity index (χ1v) is 7.61. The third-order valence-electron chi connectivity index (χ3n) is 4.48. The quantitative estimate of drug-likeness (QED) is 0.871. The van der Waals surface area contributed by atoms with Gasteiger partial charge in [0.1, 0.15) is 5.41 Å². The Labute approximate surface area is 127 Å². The number of rotatable bonds is 6. The molecule has 0 aliphatic carbocycles. The van der Waals surface area contributed by atoms with E-state index in [4.69, 9.17) is 0 Å². The SMILES string of the molecule is CN(C)CC1CCCN1CC(C)(C(=O)O)c1ccccc1. The Kier molecular flexibility index (Phi) is 5.01. The van der Waals surface area contributed by atoms with Gasteiger partial charge >= 0.3 is 5.97 Å². The first-order valence-electron chi connectivity index (χ1n) is 7.61. The van der Waals surface area contributed by atoms with Gasteiger partial charge in [-0.2, -0.15) is 0 Å². The van der Waals surface area contributed by atoms with Gasteiger partial charge in [0.25, 0.3) is 0 Å². The number of hydrogen-bond acceptors (Lipinski definition) is 3. The summed E-state index contributed by atoms with van der Waals surface area (Å²) >= 11 is 0. The molecule has 1 aliphatic heterocycles. The zero-order valence-corrected chi connectivity index (χ0v) is 13.2. The molecule has 1 aromatic rings. The lowest BCUT2D eigenvalue weighted by atomic mass is 9.82. The topological polar surface area (TPSA) is 43.8 Å². The molecule has 2 rings (SSSR count). The van der Waals surface area contributed by atoms with Crippen LogP contribution >= 0.6 is 0 Å². The summed E-state index contributed by atoms with van der Waals surface area (Å²) in [6.07, 6.45) is 2.31. The Morgan fingerprint density at radius 2 is 2.05 bits per heavy atom. The van der Waals surface area contributed by atoms with E-state index in [2.05, 4.69) is 23.9 Å². The molecule has 1 saturated heterocycles. The molecule has 4 heteroatoms. The molecule has 21 heavy (non-hydrogen) atoms. The summed E-state index contributed by atoms with van der Waals surface area (Å²) in [5.41, 5.74) is 0.0314. The van der Waals surface area contributed by atoms with Crippen molar-refractivity contribution in [1.29, 1.82) is 0 Å². The van der Waals surface area contributed by atoms with E-state index in [9.17, 15) is 9.90 Å². The van der Waals surface area contributed by atoms with Gasteiger partial charge in [-0.1, -0.05) is 30.3 Å². The van der Waals surface area contributed by atoms with E-state index in [0.717, 1.165) is 31.5 Å². The van der Waals surface area contributed by atoms with Crippen molar-refractivity contribution in [2.45, 2.75) is 31.2 Å². The van der Waals surface area contributed by atoms with Crippen molar-refractivity contribution in [2.75, 3.05) is 33.7 Å². The van der Waals surface area contributed by atoms with E-state index in [1.807, 2.05) is 37.3 Å². The highest BCUT2D eigenvalue weighted by Gasteiger charge is 2.39. The summed E-state index contributed by atoms with van der Waals surface area (Å²) in [6.45, 7) is 4.40. The highest BCUT2D eigenvalue weighted by Crippen LogP contribution is 2.29. The predicted octanol–water partition coefficient (Wildman–Crippen LogP) is 2.05. The molecule has 1 N–H and O–H groups in total. The fourth-order valence-electron chi connectivity index (χ4n) is 3.23. The second kappa shape index (κ2) is 6.58. The highest BCUT2D eigenvalue weighted by molar-refractivity contribution is 5.81. The standard InChI is InChI=1S/C17H26N2O2/c1-17(16(20)21,14-8-5-4-6-9-14)13-19-11-7-10-15(19)12-18(2)3/h4-6,8-9,15H,7,10-13H2,1-3H3,(H,20,21). The summed E-state index contributed by atoms with van der Waals surface area (Å²) < 4.78 is 0. The molecule has 0 bridgehead atoms. The number of carboxylic acid groups (broad SMARTS) is 1. The number of aliphatic carboxylic acids is 1. The Bertz CT molecular complexity index is 475. The number of hydrogen-bond donors (Lipinski definition) is 1. The highest BCUT2D eigenvalue weighted by atomic mass is 16.4. The normalized spacial score (nSPS) is 22.4. The maximum absolute atomic E-state index is 11.9. The van der Waals surface area contributed by atoms with Crippen molar-refractivity contribution >= 4 is 5.97 Å². The molecule has 1 fully saturated rings. The number of carboxylic acids is 1. The molecule has 4 nitrogen and oxygen atoms in total. The zero-order chi connectivity index (χ0) is 15.5. The van der Waals surface area contributed by atoms with Gasteiger partial charge in [-0.15, -0.1) is 0 Å². The average molecular weight is 290 g/mol. The van der Waals surface area contributed by atoms with Crippen LogP contribution in [-0.4, -0.2) is 60.6 Å². The summed E-state index contributed by atoms with van der Waals surface area (Å²) in [4.78, 5) is 16.4. The minimum atomic E-state index is -0.851. The van der Waals surface area contributed by atoms with E-state index >= 15 is 0 Å². The van der Waals surface area contributed by atoms with E-state index in [1.54, 1.807) is 0 Å². The molecule has 0 radical (unpaired) electrons. The van der Waals surface area contributed by atoms with Crippen LogP contribution in [0.4, 0.5) is 0 Å². The van der Waals surface area contributed by atoms with Gasteiger partial charge in [-0.05, 0) is 46.0 Å². The number of benzene rings is 1. The van der Waals surface area contributed by atoms with Crippen LogP contribution in [0.5, 0.6) is 0 Å². The molecule has 2 atom stereocenters. The van der Waals surface area contributed by atoms with Crippen molar-refractivity contribution < 1.29 is 9.90 Å². The molecule has 1 aromatic carbocycles. The largest absolute Gasteiger partial charge is 0.481 e. The van der Waals surface area contributed by atoms with E-state index < -0.39 is 11.4 Å². The van der Waals surface area contributed by atoms with Crippen LogP contribution in [0.2, 0.25) is 0 Å². The minimum Gasteiger partial charge on any atom is -0.481 e. The molecule has 0 aromatic heterocycles. The van der Waals surface area contributed by atoms with E-state index in [-0.39, 0.29) is 0 Å². The minimum absolute atomic E-state index is 0.461. The maximum atomic E-state index is 11.9. The van der Waals surface area contributed by atoms with Crippen molar-refractivity contribution in [1.82, 2.24) is 9.80 Å². The van der Waals surface area contributed by atoms with Crippen molar-refractivity contribution in [3.05, 3.63) is 35.9 Å². The third-order valence-corrected chi connectivity index (χ3v) is 4.48. The smallest absolute Gasteiger partial charge is 0.315 e. The zero-order valence-electron chi connectivity index (χ0n) is 13.2. The van der Waals surface area contributed by atoms with Crippen LogP contribution in [0, 0.1) is 0 Å². The van der Waals surface area contributed by atoms with Gasteiger partial charge in [-0.25, -0.2) is 0 Å². The Morgan fingerprint density at radius 3 is 2.62 bits per heavy atom. The second-order valence-corrected chi connectivity index (χ2v) is 6.53. The monoisotopic (exact) mass is 290 g/mol. The van der Waals surface area contributed by atoms with Crippen molar-refractivity contribution in [2.24, 2.45) is 0 Å². The summed E-state index contributed by atoms with van der Waals surface area (Å²) in [5.74, 6) is -0.746. The Hall–Kier alpha value is -1.39. The van der Waals surface area contributed by atoms with E-state index in [1.165, 1.54) is 0 Å². The summed E-state index contributed by atoms with van der Waals surface area (Å²) in [6, 6.07) is 10.1. The first-order chi connectivity index (χ1) is 9.93. The van der Waals surface area contributed by atoms with Crippen LogP contribution < -0.4 is 0 Å². The lowest BCUT2D eigenvalue weighted by molar-refractivity contribution is -0.144. The first kappa shape index (κ1) is 16.0. The molecule has 2 unspecified atom stereocenters. The van der Waals surface area contributed by atoms with Crippen LogP contribution in [0.25, 0.3) is 0 Å². The number of carbonyl (C=O) groups is 1. The molecule has 1 aliphatic rings. The Balaban J connectivity index is 2.18. The van der Waals surface area contributed by atoms with Gasteiger partial charge in [0, 0.05) is 19.1 Å².